The van der Waals surface area contributed by atoms with E-state index >= 15 is 0 Å². The number of carboxylic acids is 1. The molecule has 1 unspecified atom stereocenters. The van der Waals surface area contributed by atoms with E-state index in [1.54, 1.807) is 42.5 Å². The number of aliphatic carboxylic acids is 1. The van der Waals surface area contributed by atoms with E-state index in [1.165, 1.54) is 32.4 Å². The van der Waals surface area contributed by atoms with Gasteiger partial charge in [0.2, 0.25) is 11.8 Å². The number of nitrogens with one attached hydrogen (secondary N) is 1. The van der Waals surface area contributed by atoms with Gasteiger partial charge in [-0.3, -0.25) is 4.79 Å². The zero-order valence-corrected chi connectivity index (χ0v) is 20.2. The number of amides is 1. The van der Waals surface area contributed by atoms with Crippen molar-refractivity contribution in [3.05, 3.63) is 75.8 Å². The fraction of sp³-hybridized carbons (Fsp3) is 0.167. The molecule has 0 bridgehead atoms. The maximum Gasteiger partial charge on any atom is 0.328 e. The third kappa shape index (κ3) is 7.08. The number of hydrogen-bond donors (Lipinski definition) is 2. The average molecular weight is 518 g/mol. The minimum atomic E-state index is -1.19. The van der Waals surface area contributed by atoms with Gasteiger partial charge < -0.3 is 24.6 Å². The van der Waals surface area contributed by atoms with Crippen LogP contribution in [0.15, 0.2) is 54.6 Å². The molecule has 0 aliphatic rings. The van der Waals surface area contributed by atoms with Gasteiger partial charge in [0.25, 0.3) is 5.91 Å². The summed E-state index contributed by atoms with van der Waals surface area (Å²) in [7, 11) is 2.94. The van der Waals surface area contributed by atoms with Gasteiger partial charge in [0.15, 0.2) is 0 Å². The average Bonchev–Trinajstić information content (AvgIpc) is 2.84. The van der Waals surface area contributed by atoms with Crippen LogP contribution in [0.3, 0.4) is 0 Å². The van der Waals surface area contributed by atoms with Crippen LogP contribution < -0.4 is 19.5 Å². The normalized spacial score (nSPS) is 11.7. The van der Waals surface area contributed by atoms with E-state index in [4.69, 9.17) is 37.4 Å². The highest BCUT2D eigenvalue weighted by atomic mass is 35.5. The summed E-state index contributed by atoms with van der Waals surface area (Å²) in [6.45, 7) is 0. The van der Waals surface area contributed by atoms with Crippen molar-refractivity contribution in [2.24, 2.45) is 0 Å². The van der Waals surface area contributed by atoms with Gasteiger partial charge >= 0.3 is 12.0 Å². The largest absolute Gasteiger partial charge is 0.481 e. The summed E-state index contributed by atoms with van der Waals surface area (Å²) in [5.74, 6) is -0.792. The maximum atomic E-state index is 12.5. The summed E-state index contributed by atoms with van der Waals surface area (Å²) >= 11 is 12.1. The minimum absolute atomic E-state index is 0.0271. The second-order valence-electron chi connectivity index (χ2n) is 7.01. The summed E-state index contributed by atoms with van der Waals surface area (Å²) in [5.41, 5.74) is 0.811. The molecule has 0 aliphatic heterocycles. The van der Waals surface area contributed by atoms with E-state index in [2.05, 4.69) is 15.3 Å². The van der Waals surface area contributed by atoms with Crippen LogP contribution in [0, 0.1) is 0 Å². The van der Waals surface area contributed by atoms with Crippen LogP contribution in [-0.4, -0.2) is 47.2 Å². The van der Waals surface area contributed by atoms with E-state index in [-0.39, 0.29) is 28.0 Å². The molecule has 3 aromatic rings. The first-order valence-electron chi connectivity index (χ1n) is 10.2. The molecule has 0 radical (unpaired) electrons. The number of benzene rings is 2. The van der Waals surface area contributed by atoms with Crippen molar-refractivity contribution in [2.75, 3.05) is 14.2 Å². The van der Waals surface area contributed by atoms with Gasteiger partial charge in [-0.25, -0.2) is 4.79 Å². The molecule has 0 spiro atoms. The standard InChI is InChI=1S/C24H21Cl2N3O6/c1-33-19-13-20(34-2)29-24(28-19)35-15-11-9-14(10-12-15)5-3-8-18(23(31)32)27-22(30)21-16(25)6-4-7-17(21)26/h3-7,9-13,18H,8H2,1-2H3,(H,27,30)(H,31,32)/b5-3+. The van der Waals surface area contributed by atoms with Gasteiger partial charge in [0.1, 0.15) is 11.8 Å². The van der Waals surface area contributed by atoms with Crippen molar-refractivity contribution >= 4 is 41.2 Å². The lowest BCUT2D eigenvalue weighted by Crippen LogP contribution is -2.40. The molecular weight excluding hydrogens is 497 g/mol. The topological polar surface area (TPSA) is 120 Å². The molecule has 182 valence electrons. The Morgan fingerprint density at radius 2 is 1.63 bits per heavy atom. The Morgan fingerprint density at radius 1 is 1.03 bits per heavy atom. The predicted molar refractivity (Wildman–Crippen MR) is 131 cm³/mol. The molecule has 2 aromatic carbocycles. The fourth-order valence-electron chi connectivity index (χ4n) is 2.90. The lowest BCUT2D eigenvalue weighted by molar-refractivity contribution is -0.139. The molecule has 0 saturated heterocycles. The lowest BCUT2D eigenvalue weighted by Gasteiger charge is -2.14. The molecule has 3 rings (SSSR count). The summed E-state index contributed by atoms with van der Waals surface area (Å²) in [6.07, 6.45) is 3.40. The van der Waals surface area contributed by atoms with Crippen molar-refractivity contribution in [2.45, 2.75) is 12.5 Å². The molecule has 9 nitrogen and oxygen atoms in total. The van der Waals surface area contributed by atoms with Crippen LogP contribution in [0.25, 0.3) is 6.08 Å². The molecule has 35 heavy (non-hydrogen) atoms. The summed E-state index contributed by atoms with van der Waals surface area (Å²) in [4.78, 5) is 32.3. The van der Waals surface area contributed by atoms with Crippen molar-refractivity contribution in [1.82, 2.24) is 15.3 Å². The molecule has 11 heteroatoms. The second kappa shape index (κ2) is 12.0. The number of carbonyl (C=O) groups is 2. The first kappa shape index (κ1) is 25.8. The number of nitrogens with zero attached hydrogens (tertiary/aromatic N) is 2. The lowest BCUT2D eigenvalue weighted by atomic mass is 10.1. The highest BCUT2D eigenvalue weighted by Crippen LogP contribution is 2.25. The third-order valence-electron chi connectivity index (χ3n) is 4.64. The summed E-state index contributed by atoms with van der Waals surface area (Å²) in [5, 5.41) is 12.2. The Labute approximate surface area is 211 Å². The molecule has 1 heterocycles. The van der Waals surface area contributed by atoms with Gasteiger partial charge in [-0.05, 0) is 36.2 Å². The van der Waals surface area contributed by atoms with Gasteiger partial charge in [-0.1, -0.05) is 53.6 Å². The van der Waals surface area contributed by atoms with Crippen LogP contribution in [0.1, 0.15) is 22.3 Å². The zero-order chi connectivity index (χ0) is 25.4. The number of ether oxygens (including phenoxy) is 3. The number of methoxy groups -OCH3 is 2. The van der Waals surface area contributed by atoms with Crippen LogP contribution in [0.5, 0.6) is 23.5 Å². The van der Waals surface area contributed by atoms with Crippen LogP contribution in [0.4, 0.5) is 0 Å². The van der Waals surface area contributed by atoms with Crippen molar-refractivity contribution < 1.29 is 28.9 Å². The number of hydrogen-bond acceptors (Lipinski definition) is 7. The van der Waals surface area contributed by atoms with Crippen LogP contribution >= 0.6 is 23.2 Å². The molecule has 2 N–H and O–H groups in total. The Bertz CT molecular complexity index is 1190. The fourth-order valence-corrected chi connectivity index (χ4v) is 3.47. The first-order valence-corrected chi connectivity index (χ1v) is 11.0. The van der Waals surface area contributed by atoms with E-state index < -0.39 is 17.9 Å². The van der Waals surface area contributed by atoms with Crippen molar-refractivity contribution in [3.63, 3.8) is 0 Å². The highest BCUT2D eigenvalue weighted by Gasteiger charge is 2.22. The Balaban J connectivity index is 1.63. The van der Waals surface area contributed by atoms with Crippen molar-refractivity contribution in [3.8, 4) is 23.5 Å². The molecule has 1 aromatic heterocycles. The monoisotopic (exact) mass is 517 g/mol. The number of rotatable bonds is 10. The highest BCUT2D eigenvalue weighted by molar-refractivity contribution is 6.39. The number of halogens is 2. The molecule has 1 atom stereocenters. The minimum Gasteiger partial charge on any atom is -0.481 e. The van der Waals surface area contributed by atoms with E-state index in [9.17, 15) is 14.7 Å². The molecular formula is C24H21Cl2N3O6. The maximum absolute atomic E-state index is 12.5. The summed E-state index contributed by atoms with van der Waals surface area (Å²) < 4.78 is 15.8. The first-order chi connectivity index (χ1) is 16.8. The Kier molecular flexibility index (Phi) is 8.88. The van der Waals surface area contributed by atoms with Gasteiger partial charge in [0.05, 0.1) is 35.9 Å². The molecule has 1 amide bonds. The van der Waals surface area contributed by atoms with Crippen LogP contribution in [0.2, 0.25) is 10.0 Å². The third-order valence-corrected chi connectivity index (χ3v) is 5.27. The van der Waals surface area contributed by atoms with Gasteiger partial charge in [0, 0.05) is 0 Å². The second-order valence-corrected chi connectivity index (χ2v) is 7.82. The van der Waals surface area contributed by atoms with Crippen molar-refractivity contribution in [1.29, 1.82) is 0 Å². The number of aromatic nitrogens is 2. The number of carbonyl (C=O) groups excluding carboxylic acids is 1. The van der Waals surface area contributed by atoms with E-state index in [1.807, 2.05) is 0 Å². The van der Waals surface area contributed by atoms with Gasteiger partial charge in [-0.15, -0.1) is 0 Å². The zero-order valence-electron chi connectivity index (χ0n) is 18.7. The van der Waals surface area contributed by atoms with Crippen LogP contribution in [-0.2, 0) is 4.79 Å². The molecule has 0 saturated carbocycles. The Hall–Kier alpha value is -3.82. The molecule has 0 aliphatic carbocycles. The quantitative estimate of drug-likeness (QED) is 0.390. The number of carboxylic acid groups (broad SMARTS) is 1. The predicted octanol–water partition coefficient (Wildman–Crippen LogP) is 4.88. The Morgan fingerprint density at radius 3 is 2.17 bits per heavy atom. The summed E-state index contributed by atoms with van der Waals surface area (Å²) in [6, 6.07) is 11.9. The van der Waals surface area contributed by atoms with Gasteiger partial charge in [-0.2, -0.15) is 9.97 Å². The molecule has 0 fully saturated rings. The van der Waals surface area contributed by atoms with E-state index in [0.717, 1.165) is 5.56 Å². The van der Waals surface area contributed by atoms with E-state index in [0.29, 0.717) is 17.5 Å². The smallest absolute Gasteiger partial charge is 0.328 e. The SMILES string of the molecule is COc1cc(OC)nc(Oc2ccc(/C=C/CC(NC(=O)c3c(Cl)cccc3Cl)C(=O)O)cc2)n1.